The van der Waals surface area contributed by atoms with Gasteiger partial charge in [0, 0.05) is 12.6 Å². The van der Waals surface area contributed by atoms with Crippen LogP contribution in [0.25, 0.3) is 0 Å². The lowest BCUT2D eigenvalue weighted by molar-refractivity contribution is -0.141. The first-order valence-electron chi connectivity index (χ1n) is 9.30. The van der Waals surface area contributed by atoms with Crippen LogP contribution in [-0.4, -0.2) is 41.7 Å². The Bertz CT molecular complexity index is 917. The number of anilines is 1. The SMILES string of the molecule is COc1ccc(C2SC(C)C(=O)N2NC(=O)COc2ccc(NC(C)=O)cc2)cc1. The minimum absolute atomic E-state index is 0.170. The molecule has 0 spiro atoms. The molecule has 3 amide bonds. The summed E-state index contributed by atoms with van der Waals surface area (Å²) >= 11 is 1.46. The van der Waals surface area contributed by atoms with Crippen molar-refractivity contribution in [2.45, 2.75) is 24.5 Å². The van der Waals surface area contributed by atoms with E-state index in [0.717, 1.165) is 11.3 Å². The van der Waals surface area contributed by atoms with Gasteiger partial charge in [-0.3, -0.25) is 19.8 Å². The van der Waals surface area contributed by atoms with Gasteiger partial charge in [-0.05, 0) is 48.9 Å². The second kappa shape index (κ2) is 9.53. The second-order valence-corrected chi connectivity index (χ2v) is 8.07. The Morgan fingerprint density at radius 2 is 1.70 bits per heavy atom. The number of rotatable bonds is 7. The fraction of sp³-hybridized carbons (Fsp3) is 0.286. The van der Waals surface area contributed by atoms with E-state index in [1.54, 1.807) is 31.4 Å². The fourth-order valence-corrected chi connectivity index (χ4v) is 4.10. The highest BCUT2D eigenvalue weighted by Gasteiger charge is 2.39. The van der Waals surface area contributed by atoms with E-state index in [-0.39, 0.29) is 29.0 Å². The minimum atomic E-state index is -0.442. The number of ether oxygens (including phenoxy) is 2. The van der Waals surface area contributed by atoms with Crippen molar-refractivity contribution in [1.29, 1.82) is 0 Å². The molecule has 1 fully saturated rings. The third kappa shape index (κ3) is 5.24. The van der Waals surface area contributed by atoms with Gasteiger partial charge in [-0.15, -0.1) is 11.8 Å². The van der Waals surface area contributed by atoms with E-state index < -0.39 is 5.91 Å². The van der Waals surface area contributed by atoms with E-state index in [9.17, 15) is 14.4 Å². The number of carbonyl (C=O) groups is 3. The largest absolute Gasteiger partial charge is 0.497 e. The average Bonchev–Trinajstić information content (AvgIpc) is 3.01. The lowest BCUT2D eigenvalue weighted by Gasteiger charge is -2.24. The number of thioether (sulfide) groups is 1. The maximum atomic E-state index is 12.5. The zero-order valence-electron chi connectivity index (χ0n) is 16.9. The van der Waals surface area contributed by atoms with Gasteiger partial charge in [0.05, 0.1) is 12.4 Å². The highest BCUT2D eigenvalue weighted by atomic mass is 32.2. The van der Waals surface area contributed by atoms with Crippen LogP contribution in [0.2, 0.25) is 0 Å². The molecule has 0 saturated carbocycles. The first-order chi connectivity index (χ1) is 14.4. The first kappa shape index (κ1) is 21.5. The molecule has 2 atom stereocenters. The quantitative estimate of drug-likeness (QED) is 0.703. The van der Waals surface area contributed by atoms with Gasteiger partial charge in [0.15, 0.2) is 6.61 Å². The average molecular weight is 429 g/mol. The molecule has 158 valence electrons. The number of nitrogens with zero attached hydrogens (tertiary/aromatic N) is 1. The normalized spacial score (nSPS) is 18.1. The number of hydrogen-bond donors (Lipinski definition) is 2. The Morgan fingerprint density at radius 1 is 1.07 bits per heavy atom. The monoisotopic (exact) mass is 429 g/mol. The molecule has 1 aliphatic heterocycles. The molecule has 2 aromatic carbocycles. The molecular formula is C21H23N3O5S. The number of nitrogens with one attached hydrogen (secondary N) is 2. The summed E-state index contributed by atoms with van der Waals surface area (Å²) in [6, 6.07) is 14.0. The Labute approximate surface area is 178 Å². The summed E-state index contributed by atoms with van der Waals surface area (Å²) in [5, 5.41) is 3.39. The Hall–Kier alpha value is -3.20. The van der Waals surface area contributed by atoms with Gasteiger partial charge in [0.2, 0.25) is 5.91 Å². The van der Waals surface area contributed by atoms with Crippen molar-refractivity contribution in [3.63, 3.8) is 0 Å². The smallest absolute Gasteiger partial charge is 0.276 e. The highest BCUT2D eigenvalue weighted by molar-refractivity contribution is 8.01. The van der Waals surface area contributed by atoms with Crippen LogP contribution >= 0.6 is 11.8 Å². The minimum Gasteiger partial charge on any atom is -0.497 e. The molecule has 0 bridgehead atoms. The third-order valence-electron chi connectivity index (χ3n) is 4.34. The van der Waals surface area contributed by atoms with Crippen LogP contribution in [-0.2, 0) is 14.4 Å². The van der Waals surface area contributed by atoms with E-state index in [2.05, 4.69) is 10.7 Å². The zero-order chi connectivity index (χ0) is 21.7. The molecular weight excluding hydrogens is 406 g/mol. The highest BCUT2D eigenvalue weighted by Crippen LogP contribution is 2.42. The molecule has 2 unspecified atom stereocenters. The molecule has 8 nitrogen and oxygen atoms in total. The number of benzene rings is 2. The van der Waals surface area contributed by atoms with Crippen LogP contribution in [0.3, 0.4) is 0 Å². The fourth-order valence-electron chi connectivity index (χ4n) is 2.89. The molecule has 0 radical (unpaired) electrons. The van der Waals surface area contributed by atoms with Crippen LogP contribution in [0.15, 0.2) is 48.5 Å². The van der Waals surface area contributed by atoms with E-state index in [1.165, 1.54) is 23.7 Å². The maximum Gasteiger partial charge on any atom is 0.276 e. The van der Waals surface area contributed by atoms with Crippen molar-refractivity contribution in [3.05, 3.63) is 54.1 Å². The van der Waals surface area contributed by atoms with Gasteiger partial charge >= 0.3 is 0 Å². The topological polar surface area (TPSA) is 97.0 Å². The Kier molecular flexibility index (Phi) is 6.83. The number of carbonyl (C=O) groups excluding carboxylic acids is 3. The van der Waals surface area contributed by atoms with Crippen LogP contribution in [0.4, 0.5) is 5.69 Å². The predicted octanol–water partition coefficient (Wildman–Crippen LogP) is 2.73. The van der Waals surface area contributed by atoms with Crippen LogP contribution in [0, 0.1) is 0 Å². The number of hydrazine groups is 1. The van der Waals surface area contributed by atoms with Crippen molar-refractivity contribution in [3.8, 4) is 11.5 Å². The second-order valence-electron chi connectivity index (χ2n) is 6.64. The molecule has 9 heteroatoms. The number of methoxy groups -OCH3 is 1. The van der Waals surface area contributed by atoms with Crippen LogP contribution in [0.5, 0.6) is 11.5 Å². The van der Waals surface area contributed by atoms with Crippen molar-refractivity contribution in [2.24, 2.45) is 0 Å². The van der Waals surface area contributed by atoms with Crippen LogP contribution in [0.1, 0.15) is 24.8 Å². The summed E-state index contributed by atoms with van der Waals surface area (Å²) in [6.45, 7) is 2.98. The van der Waals surface area contributed by atoms with E-state index in [1.807, 2.05) is 31.2 Å². The molecule has 2 aromatic rings. The molecule has 2 N–H and O–H groups in total. The zero-order valence-corrected chi connectivity index (χ0v) is 17.7. The summed E-state index contributed by atoms with van der Waals surface area (Å²) in [4.78, 5) is 36.0. The van der Waals surface area contributed by atoms with Crippen LogP contribution < -0.4 is 20.2 Å². The van der Waals surface area contributed by atoms with E-state index in [0.29, 0.717) is 11.4 Å². The van der Waals surface area contributed by atoms with Gasteiger partial charge in [-0.25, -0.2) is 5.01 Å². The summed E-state index contributed by atoms with van der Waals surface area (Å²) < 4.78 is 10.7. The maximum absolute atomic E-state index is 12.5. The molecule has 0 aliphatic carbocycles. The summed E-state index contributed by atoms with van der Waals surface area (Å²) in [6.07, 6.45) is 0. The van der Waals surface area contributed by atoms with Gasteiger partial charge < -0.3 is 14.8 Å². The Balaban J connectivity index is 1.60. The van der Waals surface area contributed by atoms with Gasteiger partial charge in [-0.2, -0.15) is 0 Å². The number of hydrogen-bond acceptors (Lipinski definition) is 6. The van der Waals surface area contributed by atoms with Gasteiger partial charge in [0.1, 0.15) is 16.9 Å². The van der Waals surface area contributed by atoms with Gasteiger partial charge in [-0.1, -0.05) is 12.1 Å². The molecule has 30 heavy (non-hydrogen) atoms. The lowest BCUT2D eigenvalue weighted by atomic mass is 10.2. The van der Waals surface area contributed by atoms with Crippen molar-refractivity contribution in [2.75, 3.05) is 19.0 Å². The summed E-state index contributed by atoms with van der Waals surface area (Å²) in [5.41, 5.74) is 4.17. The van der Waals surface area contributed by atoms with Crippen molar-refractivity contribution in [1.82, 2.24) is 10.4 Å². The molecule has 1 saturated heterocycles. The van der Waals surface area contributed by atoms with Crippen molar-refractivity contribution >= 4 is 35.2 Å². The van der Waals surface area contributed by atoms with E-state index >= 15 is 0 Å². The molecule has 1 heterocycles. The van der Waals surface area contributed by atoms with E-state index in [4.69, 9.17) is 9.47 Å². The Morgan fingerprint density at radius 3 is 2.30 bits per heavy atom. The summed E-state index contributed by atoms with van der Waals surface area (Å²) in [7, 11) is 1.59. The first-order valence-corrected chi connectivity index (χ1v) is 10.2. The predicted molar refractivity (Wildman–Crippen MR) is 114 cm³/mol. The van der Waals surface area contributed by atoms with Crippen molar-refractivity contribution < 1.29 is 23.9 Å². The standard InChI is InChI=1S/C21H23N3O5S/c1-13-20(27)24(21(30-13)15-4-8-17(28-3)9-5-15)23-19(26)12-29-18-10-6-16(7-11-18)22-14(2)25/h4-11,13,21H,12H2,1-3H3,(H,22,25)(H,23,26). The third-order valence-corrected chi connectivity index (χ3v) is 5.69. The molecule has 0 aromatic heterocycles. The molecule has 3 rings (SSSR count). The van der Waals surface area contributed by atoms with Gasteiger partial charge in [0.25, 0.3) is 11.8 Å². The molecule has 1 aliphatic rings. The number of amides is 3. The lowest BCUT2D eigenvalue weighted by Crippen LogP contribution is -2.47. The summed E-state index contributed by atoms with van der Waals surface area (Å²) in [5.74, 6) is 0.407.